The lowest BCUT2D eigenvalue weighted by Gasteiger charge is -1.98. The summed E-state index contributed by atoms with van der Waals surface area (Å²) >= 11 is 0. The molecular formula is C15H13N3O3S. The number of hydrogen-bond acceptors (Lipinski definition) is 4. The molecule has 1 heterocycles. The average Bonchev–Trinajstić information content (AvgIpc) is 2.80. The van der Waals surface area contributed by atoms with Crippen molar-refractivity contribution in [3.63, 3.8) is 0 Å². The number of para-hydroxylation sites is 1. The van der Waals surface area contributed by atoms with Crippen molar-refractivity contribution >= 4 is 32.8 Å². The third-order valence-corrected chi connectivity index (χ3v) is 4.16. The maximum atomic E-state index is 11.2. The Morgan fingerprint density at radius 2 is 1.77 bits per heavy atom. The van der Waals surface area contributed by atoms with Gasteiger partial charge in [0.15, 0.2) is 5.88 Å². The highest BCUT2D eigenvalue weighted by Gasteiger charge is 2.08. The summed E-state index contributed by atoms with van der Waals surface area (Å²) in [7, 11) is -3.71. The molecule has 1 aromatic heterocycles. The fraction of sp³-hybridized carbons (Fsp3) is 0. The van der Waals surface area contributed by atoms with Gasteiger partial charge in [-0.15, -0.1) is 0 Å². The second kappa shape index (κ2) is 5.28. The molecular weight excluding hydrogens is 302 g/mol. The Balaban J connectivity index is 1.95. The zero-order valence-electron chi connectivity index (χ0n) is 11.4. The molecule has 0 aliphatic heterocycles. The SMILES string of the molecule is NS(=O)(=O)c1ccc(N=Cc2c(O)[nH]c3ccccc23)cc1. The molecule has 0 atom stereocenters. The zero-order valence-corrected chi connectivity index (χ0v) is 12.2. The minimum atomic E-state index is -3.71. The smallest absolute Gasteiger partial charge is 0.238 e. The van der Waals surface area contributed by atoms with E-state index >= 15 is 0 Å². The summed E-state index contributed by atoms with van der Waals surface area (Å²) in [5.41, 5.74) is 1.94. The molecule has 22 heavy (non-hydrogen) atoms. The van der Waals surface area contributed by atoms with Crippen LogP contribution in [0.2, 0.25) is 0 Å². The van der Waals surface area contributed by atoms with Crippen molar-refractivity contribution in [2.75, 3.05) is 0 Å². The summed E-state index contributed by atoms with van der Waals surface area (Å²) in [6.07, 6.45) is 1.53. The third kappa shape index (κ3) is 2.72. The summed E-state index contributed by atoms with van der Waals surface area (Å²) in [4.78, 5) is 7.13. The average molecular weight is 315 g/mol. The molecule has 0 spiro atoms. The first-order valence-electron chi connectivity index (χ1n) is 6.42. The van der Waals surface area contributed by atoms with Gasteiger partial charge in [-0.25, -0.2) is 13.6 Å². The van der Waals surface area contributed by atoms with E-state index in [9.17, 15) is 13.5 Å². The van der Waals surface area contributed by atoms with Crippen LogP contribution in [-0.4, -0.2) is 24.7 Å². The number of aromatic hydroxyl groups is 1. The van der Waals surface area contributed by atoms with E-state index in [1.54, 1.807) is 12.1 Å². The van der Waals surface area contributed by atoms with Gasteiger partial charge in [0.05, 0.1) is 16.1 Å². The third-order valence-electron chi connectivity index (χ3n) is 3.23. The van der Waals surface area contributed by atoms with E-state index < -0.39 is 10.0 Å². The van der Waals surface area contributed by atoms with Crippen LogP contribution in [0.3, 0.4) is 0 Å². The van der Waals surface area contributed by atoms with E-state index in [0.29, 0.717) is 11.3 Å². The lowest BCUT2D eigenvalue weighted by Crippen LogP contribution is -2.11. The maximum absolute atomic E-state index is 11.2. The summed E-state index contributed by atoms with van der Waals surface area (Å²) in [5.74, 6) is 0.0334. The van der Waals surface area contributed by atoms with Crippen LogP contribution in [0.5, 0.6) is 5.88 Å². The number of aromatic nitrogens is 1. The van der Waals surface area contributed by atoms with Crippen molar-refractivity contribution in [1.82, 2.24) is 4.98 Å². The predicted octanol–water partition coefficient (Wildman–Crippen LogP) is 2.27. The number of nitrogens with one attached hydrogen (secondary N) is 1. The van der Waals surface area contributed by atoms with Crippen LogP contribution in [0, 0.1) is 0 Å². The van der Waals surface area contributed by atoms with Crippen LogP contribution < -0.4 is 5.14 Å². The Bertz CT molecular complexity index is 957. The summed E-state index contributed by atoms with van der Waals surface area (Å²) in [6, 6.07) is 13.3. The topological polar surface area (TPSA) is 109 Å². The lowest BCUT2D eigenvalue weighted by atomic mass is 10.2. The quantitative estimate of drug-likeness (QED) is 0.645. The van der Waals surface area contributed by atoms with Gasteiger partial charge in [0.25, 0.3) is 0 Å². The van der Waals surface area contributed by atoms with E-state index in [0.717, 1.165) is 10.9 Å². The lowest BCUT2D eigenvalue weighted by molar-refractivity contribution is 0.457. The highest BCUT2D eigenvalue weighted by molar-refractivity contribution is 7.89. The first-order chi connectivity index (χ1) is 10.4. The summed E-state index contributed by atoms with van der Waals surface area (Å²) < 4.78 is 22.4. The highest BCUT2D eigenvalue weighted by atomic mass is 32.2. The molecule has 0 amide bonds. The van der Waals surface area contributed by atoms with Crippen molar-refractivity contribution in [2.45, 2.75) is 4.90 Å². The highest BCUT2D eigenvalue weighted by Crippen LogP contribution is 2.26. The Morgan fingerprint density at radius 3 is 2.45 bits per heavy atom. The van der Waals surface area contributed by atoms with E-state index in [1.165, 1.54) is 18.3 Å². The molecule has 112 valence electrons. The number of fused-ring (bicyclic) bond motifs is 1. The van der Waals surface area contributed by atoms with Gasteiger partial charge in [-0.2, -0.15) is 0 Å². The summed E-state index contributed by atoms with van der Waals surface area (Å²) in [5, 5.41) is 15.8. The molecule has 0 saturated heterocycles. The van der Waals surface area contributed by atoms with Crippen molar-refractivity contribution in [3.05, 3.63) is 54.1 Å². The number of nitrogens with two attached hydrogens (primary N) is 1. The Hall–Kier alpha value is -2.64. The van der Waals surface area contributed by atoms with Crippen LogP contribution in [0.4, 0.5) is 5.69 Å². The van der Waals surface area contributed by atoms with Gasteiger partial charge in [0.2, 0.25) is 10.0 Å². The molecule has 0 aliphatic carbocycles. The number of sulfonamides is 1. The van der Waals surface area contributed by atoms with E-state index in [2.05, 4.69) is 9.98 Å². The van der Waals surface area contributed by atoms with Gasteiger partial charge < -0.3 is 10.1 Å². The number of aromatic amines is 1. The van der Waals surface area contributed by atoms with Crippen molar-refractivity contribution in [3.8, 4) is 5.88 Å². The standard InChI is InChI=1S/C15H13N3O3S/c16-22(20,21)11-7-5-10(6-8-11)17-9-13-12-3-1-2-4-14(12)18-15(13)19/h1-9,18-19H,(H2,16,20,21). The predicted molar refractivity (Wildman–Crippen MR) is 85.0 cm³/mol. The van der Waals surface area contributed by atoms with Crippen molar-refractivity contribution < 1.29 is 13.5 Å². The molecule has 6 nitrogen and oxygen atoms in total. The van der Waals surface area contributed by atoms with Crippen molar-refractivity contribution in [1.29, 1.82) is 0 Å². The Morgan fingerprint density at radius 1 is 1.09 bits per heavy atom. The molecule has 0 aliphatic rings. The largest absolute Gasteiger partial charge is 0.494 e. The first kappa shape index (κ1) is 14.3. The van der Waals surface area contributed by atoms with Crippen LogP contribution in [0.25, 0.3) is 10.9 Å². The molecule has 4 N–H and O–H groups in total. The molecule has 0 saturated carbocycles. The minimum Gasteiger partial charge on any atom is -0.494 e. The normalized spacial score (nSPS) is 12.2. The van der Waals surface area contributed by atoms with Crippen molar-refractivity contribution in [2.24, 2.45) is 10.1 Å². The molecule has 3 aromatic rings. The molecule has 0 unspecified atom stereocenters. The molecule has 7 heteroatoms. The Labute approximate surface area is 127 Å². The number of nitrogens with zero attached hydrogens (tertiary/aromatic N) is 1. The Kier molecular flexibility index (Phi) is 3.44. The fourth-order valence-electron chi connectivity index (χ4n) is 2.14. The number of aliphatic imine (C=N–C) groups is 1. The van der Waals surface area contributed by atoms with Crippen LogP contribution in [0.1, 0.15) is 5.56 Å². The molecule has 0 bridgehead atoms. The number of rotatable bonds is 3. The molecule has 0 radical (unpaired) electrons. The second-order valence-corrected chi connectivity index (χ2v) is 6.29. The maximum Gasteiger partial charge on any atom is 0.238 e. The molecule has 0 fully saturated rings. The van der Waals surface area contributed by atoms with Gasteiger partial charge >= 0.3 is 0 Å². The van der Waals surface area contributed by atoms with Gasteiger partial charge in [-0.1, -0.05) is 18.2 Å². The zero-order chi connectivity index (χ0) is 15.7. The van der Waals surface area contributed by atoms with Gasteiger partial charge in [-0.3, -0.25) is 4.99 Å². The minimum absolute atomic E-state index is 0.0291. The fourth-order valence-corrected chi connectivity index (χ4v) is 2.66. The number of hydrogen-bond donors (Lipinski definition) is 3. The monoisotopic (exact) mass is 315 g/mol. The van der Waals surface area contributed by atoms with Gasteiger partial charge in [-0.05, 0) is 30.3 Å². The number of H-pyrrole nitrogens is 1. The van der Waals surface area contributed by atoms with E-state index in [-0.39, 0.29) is 10.8 Å². The van der Waals surface area contributed by atoms with Crippen LogP contribution in [0.15, 0.2) is 58.4 Å². The number of benzene rings is 2. The van der Waals surface area contributed by atoms with Crippen LogP contribution >= 0.6 is 0 Å². The van der Waals surface area contributed by atoms with Crippen LogP contribution in [-0.2, 0) is 10.0 Å². The van der Waals surface area contributed by atoms with E-state index in [1.807, 2.05) is 24.3 Å². The van der Waals surface area contributed by atoms with E-state index in [4.69, 9.17) is 5.14 Å². The molecule has 3 rings (SSSR count). The van der Waals surface area contributed by atoms with Gasteiger partial charge in [0.1, 0.15) is 0 Å². The summed E-state index contributed by atoms with van der Waals surface area (Å²) in [6.45, 7) is 0. The van der Waals surface area contributed by atoms with Gasteiger partial charge in [0, 0.05) is 17.1 Å². The molecule has 2 aromatic carbocycles. The number of primary sulfonamides is 1. The first-order valence-corrected chi connectivity index (χ1v) is 7.96. The second-order valence-electron chi connectivity index (χ2n) is 4.73.